The molecule has 2 rings (SSSR count). The number of methoxy groups -OCH3 is 1. The standard InChI is InChI=1S/C16H28N4O/c1-12-13(10-18-16(2,3)4)9-17-15(19-12)20-8-6-7-14(11-20)21-5/h9,14,18H,6-8,10-11H2,1-5H3. The van der Waals surface area contributed by atoms with E-state index in [1.165, 1.54) is 0 Å². The summed E-state index contributed by atoms with van der Waals surface area (Å²) in [5, 5.41) is 3.48. The number of hydrogen-bond donors (Lipinski definition) is 1. The largest absolute Gasteiger partial charge is 0.380 e. The maximum atomic E-state index is 5.47. The van der Waals surface area contributed by atoms with Crippen LogP contribution < -0.4 is 10.2 Å². The Balaban J connectivity index is 2.04. The van der Waals surface area contributed by atoms with E-state index in [0.29, 0.717) is 6.10 Å². The predicted molar refractivity (Wildman–Crippen MR) is 85.6 cm³/mol. The fourth-order valence-corrected chi connectivity index (χ4v) is 2.48. The highest BCUT2D eigenvalue weighted by molar-refractivity contribution is 5.33. The molecule has 1 aromatic heterocycles. The number of aryl methyl sites for hydroxylation is 1. The van der Waals surface area contributed by atoms with Crippen molar-refractivity contribution in [1.82, 2.24) is 15.3 Å². The van der Waals surface area contributed by atoms with Gasteiger partial charge in [0.15, 0.2) is 0 Å². The van der Waals surface area contributed by atoms with Crippen LogP contribution in [-0.4, -0.2) is 41.8 Å². The Morgan fingerprint density at radius 2 is 2.19 bits per heavy atom. The second-order valence-electron chi connectivity index (χ2n) is 6.83. The third-order valence-electron chi connectivity index (χ3n) is 3.87. The van der Waals surface area contributed by atoms with Crippen molar-refractivity contribution in [1.29, 1.82) is 0 Å². The van der Waals surface area contributed by atoms with Crippen molar-refractivity contribution in [2.45, 2.75) is 58.7 Å². The van der Waals surface area contributed by atoms with Crippen LogP contribution in [-0.2, 0) is 11.3 Å². The number of ether oxygens (including phenoxy) is 1. The van der Waals surface area contributed by atoms with Crippen molar-refractivity contribution in [3.8, 4) is 0 Å². The molecule has 1 aliphatic heterocycles. The third-order valence-corrected chi connectivity index (χ3v) is 3.87. The maximum Gasteiger partial charge on any atom is 0.225 e. The van der Waals surface area contributed by atoms with Crippen LogP contribution in [0.3, 0.4) is 0 Å². The zero-order valence-electron chi connectivity index (χ0n) is 13.9. The van der Waals surface area contributed by atoms with Gasteiger partial charge in [0.2, 0.25) is 5.95 Å². The molecule has 1 fully saturated rings. The van der Waals surface area contributed by atoms with E-state index in [4.69, 9.17) is 4.74 Å². The van der Waals surface area contributed by atoms with Gasteiger partial charge in [-0.15, -0.1) is 0 Å². The van der Waals surface area contributed by atoms with Crippen LogP contribution in [0.4, 0.5) is 5.95 Å². The molecule has 118 valence electrons. The first kappa shape index (κ1) is 16.2. The van der Waals surface area contributed by atoms with Crippen LogP contribution in [0, 0.1) is 6.92 Å². The third kappa shape index (κ3) is 4.64. The average Bonchev–Trinajstić information content (AvgIpc) is 2.45. The van der Waals surface area contributed by atoms with Crippen molar-refractivity contribution in [3.05, 3.63) is 17.5 Å². The first-order valence-corrected chi connectivity index (χ1v) is 7.74. The Labute approximate surface area is 128 Å². The number of nitrogens with one attached hydrogen (secondary N) is 1. The summed E-state index contributed by atoms with van der Waals surface area (Å²) in [5.74, 6) is 0.828. The van der Waals surface area contributed by atoms with E-state index in [1.54, 1.807) is 7.11 Å². The molecular formula is C16H28N4O. The molecule has 0 saturated carbocycles. The summed E-state index contributed by atoms with van der Waals surface area (Å²) in [4.78, 5) is 11.5. The maximum absolute atomic E-state index is 5.47. The lowest BCUT2D eigenvalue weighted by Gasteiger charge is -2.32. The van der Waals surface area contributed by atoms with E-state index < -0.39 is 0 Å². The zero-order chi connectivity index (χ0) is 15.5. The van der Waals surface area contributed by atoms with Crippen molar-refractivity contribution >= 4 is 5.95 Å². The predicted octanol–water partition coefficient (Wildman–Crippen LogP) is 2.29. The Bertz CT molecular complexity index is 470. The number of hydrogen-bond acceptors (Lipinski definition) is 5. The highest BCUT2D eigenvalue weighted by Gasteiger charge is 2.21. The quantitative estimate of drug-likeness (QED) is 0.922. The van der Waals surface area contributed by atoms with Crippen LogP contribution >= 0.6 is 0 Å². The minimum absolute atomic E-state index is 0.101. The average molecular weight is 292 g/mol. The van der Waals surface area contributed by atoms with Gasteiger partial charge in [0, 0.05) is 49.7 Å². The number of anilines is 1. The highest BCUT2D eigenvalue weighted by Crippen LogP contribution is 2.19. The van der Waals surface area contributed by atoms with E-state index in [1.807, 2.05) is 6.20 Å². The Kier molecular flexibility index (Phi) is 5.17. The van der Waals surface area contributed by atoms with Gasteiger partial charge in [-0.25, -0.2) is 9.97 Å². The summed E-state index contributed by atoms with van der Waals surface area (Å²) in [6.45, 7) is 11.2. The molecule has 0 aromatic carbocycles. The fraction of sp³-hybridized carbons (Fsp3) is 0.750. The molecule has 1 aliphatic rings. The number of nitrogens with zero attached hydrogens (tertiary/aromatic N) is 3. The lowest BCUT2D eigenvalue weighted by molar-refractivity contribution is 0.0889. The minimum atomic E-state index is 0.101. The lowest BCUT2D eigenvalue weighted by atomic mass is 10.1. The van der Waals surface area contributed by atoms with Gasteiger partial charge in [-0.05, 0) is 40.5 Å². The molecule has 0 aliphatic carbocycles. The summed E-state index contributed by atoms with van der Waals surface area (Å²) < 4.78 is 5.47. The van der Waals surface area contributed by atoms with Gasteiger partial charge in [-0.2, -0.15) is 0 Å². The van der Waals surface area contributed by atoms with E-state index >= 15 is 0 Å². The molecule has 1 saturated heterocycles. The van der Waals surface area contributed by atoms with E-state index in [9.17, 15) is 0 Å². The van der Waals surface area contributed by atoms with Crippen molar-refractivity contribution in [2.75, 3.05) is 25.1 Å². The van der Waals surface area contributed by atoms with Gasteiger partial charge >= 0.3 is 0 Å². The van der Waals surface area contributed by atoms with Crippen LogP contribution in [0.2, 0.25) is 0 Å². The van der Waals surface area contributed by atoms with Crippen LogP contribution in [0.5, 0.6) is 0 Å². The lowest BCUT2D eigenvalue weighted by Crippen LogP contribution is -2.40. The molecule has 1 N–H and O–H groups in total. The molecular weight excluding hydrogens is 264 g/mol. The molecule has 0 spiro atoms. The molecule has 1 unspecified atom stereocenters. The summed E-state index contributed by atoms with van der Waals surface area (Å²) in [6, 6.07) is 0. The zero-order valence-corrected chi connectivity index (χ0v) is 13.9. The van der Waals surface area contributed by atoms with Crippen molar-refractivity contribution in [2.24, 2.45) is 0 Å². The van der Waals surface area contributed by atoms with Gasteiger partial charge in [0.25, 0.3) is 0 Å². The van der Waals surface area contributed by atoms with Crippen LogP contribution in [0.15, 0.2) is 6.20 Å². The van der Waals surface area contributed by atoms with E-state index in [2.05, 4.69) is 47.9 Å². The number of aromatic nitrogens is 2. The Morgan fingerprint density at radius 3 is 2.81 bits per heavy atom. The topological polar surface area (TPSA) is 50.3 Å². The normalized spacial score (nSPS) is 19.9. The monoisotopic (exact) mass is 292 g/mol. The summed E-state index contributed by atoms with van der Waals surface area (Å²) in [5.41, 5.74) is 2.31. The van der Waals surface area contributed by atoms with Crippen molar-refractivity contribution in [3.63, 3.8) is 0 Å². The molecule has 1 atom stereocenters. The Hall–Kier alpha value is -1.20. The number of piperidine rings is 1. The Morgan fingerprint density at radius 1 is 1.43 bits per heavy atom. The van der Waals surface area contributed by atoms with Crippen LogP contribution in [0.1, 0.15) is 44.9 Å². The molecule has 5 heteroatoms. The minimum Gasteiger partial charge on any atom is -0.380 e. The molecule has 2 heterocycles. The summed E-state index contributed by atoms with van der Waals surface area (Å²) in [7, 11) is 1.78. The molecule has 0 bridgehead atoms. The van der Waals surface area contributed by atoms with Gasteiger partial charge in [-0.1, -0.05) is 0 Å². The van der Waals surface area contributed by atoms with Crippen LogP contribution in [0.25, 0.3) is 0 Å². The summed E-state index contributed by atoms with van der Waals surface area (Å²) >= 11 is 0. The molecule has 0 radical (unpaired) electrons. The molecule has 21 heavy (non-hydrogen) atoms. The number of rotatable bonds is 4. The van der Waals surface area contributed by atoms with E-state index in [0.717, 1.165) is 49.7 Å². The van der Waals surface area contributed by atoms with Gasteiger partial charge < -0.3 is 15.0 Å². The first-order chi connectivity index (χ1) is 9.89. The highest BCUT2D eigenvalue weighted by atomic mass is 16.5. The second-order valence-corrected chi connectivity index (χ2v) is 6.83. The first-order valence-electron chi connectivity index (χ1n) is 7.74. The second kappa shape index (κ2) is 6.71. The molecule has 0 amide bonds. The SMILES string of the molecule is COC1CCCN(c2ncc(CNC(C)(C)C)c(C)n2)C1. The van der Waals surface area contributed by atoms with Crippen molar-refractivity contribution < 1.29 is 4.74 Å². The van der Waals surface area contributed by atoms with E-state index in [-0.39, 0.29) is 5.54 Å². The molecule has 1 aromatic rings. The summed E-state index contributed by atoms with van der Waals surface area (Å²) in [6.07, 6.45) is 4.51. The van der Waals surface area contributed by atoms with Gasteiger partial charge in [0.05, 0.1) is 6.10 Å². The molecule has 5 nitrogen and oxygen atoms in total. The van der Waals surface area contributed by atoms with Gasteiger partial charge in [0.1, 0.15) is 0 Å². The smallest absolute Gasteiger partial charge is 0.225 e. The van der Waals surface area contributed by atoms with Gasteiger partial charge in [-0.3, -0.25) is 0 Å². The fourth-order valence-electron chi connectivity index (χ4n) is 2.48.